The number of carbonyl (C=O) groups is 2. The molecule has 0 radical (unpaired) electrons. The maximum Gasteiger partial charge on any atom is 0.268 e. The molecule has 9 heteroatoms. The zero-order valence-corrected chi connectivity index (χ0v) is 21.4. The summed E-state index contributed by atoms with van der Waals surface area (Å²) in [5.41, 5.74) is 7.50. The smallest absolute Gasteiger partial charge is 0.268 e. The summed E-state index contributed by atoms with van der Waals surface area (Å²) in [6, 6.07) is 7.99. The van der Waals surface area contributed by atoms with Crippen LogP contribution in [0.25, 0.3) is 10.9 Å². The van der Waals surface area contributed by atoms with Crippen molar-refractivity contribution in [1.29, 1.82) is 0 Å². The predicted molar refractivity (Wildman–Crippen MR) is 134 cm³/mol. The van der Waals surface area contributed by atoms with Crippen LogP contribution < -0.4 is 11.1 Å². The monoisotopic (exact) mass is 469 g/mol. The fraction of sp³-hybridized carbons (Fsp3) is 0.458. The number of aromatic nitrogens is 3. The van der Waals surface area contributed by atoms with Crippen LogP contribution in [0.3, 0.4) is 0 Å². The van der Waals surface area contributed by atoms with E-state index in [0.29, 0.717) is 0 Å². The van der Waals surface area contributed by atoms with E-state index in [1.165, 1.54) is 6.92 Å². The lowest BCUT2D eigenvalue weighted by Gasteiger charge is -2.39. The first kappa shape index (κ1) is 24.7. The van der Waals surface area contributed by atoms with Gasteiger partial charge < -0.3 is 24.6 Å². The van der Waals surface area contributed by atoms with Crippen molar-refractivity contribution in [3.8, 4) is 0 Å². The van der Waals surface area contributed by atoms with Crippen molar-refractivity contribution in [3.05, 3.63) is 48.7 Å². The molecule has 2 aromatic heterocycles. The zero-order valence-electron chi connectivity index (χ0n) is 20.4. The SMILES string of the molecule is CC(=O)Nc1ccc2ccn(CCC[C@@H](O[Si](C)(C)C(C)(C)C)n3cnc(C(N)=O)c3)c2c1. The molecule has 0 saturated carbocycles. The van der Waals surface area contributed by atoms with Crippen molar-refractivity contribution < 1.29 is 14.0 Å². The summed E-state index contributed by atoms with van der Waals surface area (Å²) < 4.78 is 10.8. The van der Waals surface area contributed by atoms with Gasteiger partial charge in [-0.1, -0.05) is 26.8 Å². The Morgan fingerprint density at radius 1 is 1.24 bits per heavy atom. The van der Waals surface area contributed by atoms with E-state index in [2.05, 4.69) is 61.0 Å². The molecule has 1 atom stereocenters. The molecule has 0 aliphatic heterocycles. The number of benzene rings is 1. The molecule has 0 spiro atoms. The highest BCUT2D eigenvalue weighted by Gasteiger charge is 2.39. The third-order valence-corrected chi connectivity index (χ3v) is 10.8. The minimum atomic E-state index is -2.06. The molecule has 2 heterocycles. The molecule has 0 bridgehead atoms. The molecule has 3 N–H and O–H groups in total. The summed E-state index contributed by atoms with van der Waals surface area (Å²) in [6.45, 7) is 13.4. The molecule has 3 aromatic rings. The molecule has 33 heavy (non-hydrogen) atoms. The number of hydrogen-bond acceptors (Lipinski definition) is 4. The number of nitrogens with two attached hydrogens (primary N) is 1. The van der Waals surface area contributed by atoms with Gasteiger partial charge in [0.2, 0.25) is 5.91 Å². The Labute approximate surface area is 196 Å². The Morgan fingerprint density at radius 3 is 2.58 bits per heavy atom. The Bertz CT molecular complexity index is 1140. The number of imidazole rings is 1. The summed E-state index contributed by atoms with van der Waals surface area (Å²) in [5.74, 6) is -0.637. The van der Waals surface area contributed by atoms with Crippen LogP contribution in [-0.4, -0.2) is 34.2 Å². The van der Waals surface area contributed by atoms with Crippen LogP contribution in [0.15, 0.2) is 43.0 Å². The molecule has 8 nitrogen and oxygen atoms in total. The van der Waals surface area contributed by atoms with Gasteiger partial charge in [0.25, 0.3) is 5.91 Å². The summed E-state index contributed by atoms with van der Waals surface area (Å²) in [5, 5.41) is 4.02. The number of nitrogens with one attached hydrogen (secondary N) is 1. The molecule has 3 rings (SSSR count). The van der Waals surface area contributed by atoms with Gasteiger partial charge in [-0.15, -0.1) is 0 Å². The molecule has 0 aliphatic carbocycles. The van der Waals surface area contributed by atoms with Gasteiger partial charge in [0.05, 0.1) is 11.8 Å². The van der Waals surface area contributed by atoms with E-state index in [1.807, 2.05) is 22.8 Å². The van der Waals surface area contributed by atoms with Gasteiger partial charge in [-0.25, -0.2) is 4.98 Å². The Balaban J connectivity index is 1.77. The van der Waals surface area contributed by atoms with Gasteiger partial charge in [-0.3, -0.25) is 9.59 Å². The van der Waals surface area contributed by atoms with E-state index >= 15 is 0 Å². The molecule has 0 unspecified atom stereocenters. The van der Waals surface area contributed by atoms with Gasteiger partial charge in [0, 0.05) is 31.5 Å². The van der Waals surface area contributed by atoms with E-state index < -0.39 is 14.2 Å². The average molecular weight is 470 g/mol. The number of rotatable bonds is 9. The van der Waals surface area contributed by atoms with E-state index in [1.54, 1.807) is 12.5 Å². The normalized spacial score (nSPS) is 13.3. The average Bonchev–Trinajstić information content (AvgIpc) is 3.33. The highest BCUT2D eigenvalue weighted by Crippen LogP contribution is 2.39. The molecular weight excluding hydrogens is 434 g/mol. The molecule has 2 amide bonds. The van der Waals surface area contributed by atoms with Gasteiger partial charge in [-0.2, -0.15) is 0 Å². The van der Waals surface area contributed by atoms with Gasteiger partial charge in [0.15, 0.2) is 8.32 Å². The van der Waals surface area contributed by atoms with Crippen LogP contribution in [0.2, 0.25) is 18.1 Å². The number of carbonyl (C=O) groups excluding carboxylic acids is 2. The second-order valence-corrected chi connectivity index (χ2v) is 14.8. The first-order chi connectivity index (χ1) is 15.4. The van der Waals surface area contributed by atoms with Crippen molar-refractivity contribution in [2.24, 2.45) is 5.73 Å². The number of primary amides is 1. The lowest BCUT2D eigenvalue weighted by atomic mass is 10.2. The zero-order chi connectivity index (χ0) is 24.4. The predicted octanol–water partition coefficient (Wildman–Crippen LogP) is 4.90. The summed E-state index contributed by atoms with van der Waals surface area (Å²) in [7, 11) is -2.06. The van der Waals surface area contributed by atoms with Gasteiger partial charge >= 0.3 is 0 Å². The molecular formula is C24H35N5O3Si. The van der Waals surface area contributed by atoms with Crippen molar-refractivity contribution in [1.82, 2.24) is 14.1 Å². The highest BCUT2D eigenvalue weighted by atomic mass is 28.4. The van der Waals surface area contributed by atoms with Crippen LogP contribution in [0.5, 0.6) is 0 Å². The largest absolute Gasteiger partial charge is 0.397 e. The topological polar surface area (TPSA) is 104 Å². The number of aryl methyl sites for hydroxylation is 1. The van der Waals surface area contributed by atoms with Crippen molar-refractivity contribution in [2.75, 3.05) is 5.32 Å². The molecule has 1 aromatic carbocycles. The van der Waals surface area contributed by atoms with E-state index in [0.717, 1.165) is 36.0 Å². The maximum atomic E-state index is 11.6. The van der Waals surface area contributed by atoms with E-state index in [4.69, 9.17) is 10.2 Å². The third kappa shape index (κ3) is 5.91. The van der Waals surface area contributed by atoms with Gasteiger partial charge in [0.1, 0.15) is 11.9 Å². The van der Waals surface area contributed by atoms with Gasteiger partial charge in [-0.05, 0) is 54.6 Å². The fourth-order valence-electron chi connectivity index (χ4n) is 3.50. The lowest BCUT2D eigenvalue weighted by Crippen LogP contribution is -2.42. The second-order valence-electron chi connectivity index (χ2n) is 10.0. The molecule has 0 aliphatic rings. The van der Waals surface area contributed by atoms with Crippen LogP contribution in [0, 0.1) is 0 Å². The van der Waals surface area contributed by atoms with Crippen molar-refractivity contribution >= 4 is 36.7 Å². The first-order valence-electron chi connectivity index (χ1n) is 11.2. The molecule has 178 valence electrons. The van der Waals surface area contributed by atoms with Crippen molar-refractivity contribution in [3.63, 3.8) is 0 Å². The Morgan fingerprint density at radius 2 is 1.97 bits per heavy atom. The van der Waals surface area contributed by atoms with Crippen LogP contribution in [-0.2, 0) is 15.8 Å². The van der Waals surface area contributed by atoms with Crippen LogP contribution in [0.1, 0.15) is 57.3 Å². The number of fused-ring (bicyclic) bond motifs is 1. The first-order valence-corrected chi connectivity index (χ1v) is 14.2. The minimum absolute atomic E-state index is 0.0507. The van der Waals surface area contributed by atoms with Crippen LogP contribution >= 0.6 is 0 Å². The second kappa shape index (κ2) is 9.52. The quantitative estimate of drug-likeness (QED) is 0.435. The lowest BCUT2D eigenvalue weighted by molar-refractivity contribution is -0.114. The van der Waals surface area contributed by atoms with Crippen molar-refractivity contribution in [2.45, 2.75) is 71.4 Å². The van der Waals surface area contributed by atoms with Crippen LogP contribution in [0.4, 0.5) is 5.69 Å². The summed E-state index contributed by atoms with van der Waals surface area (Å²) in [6.07, 6.45) is 6.74. The summed E-state index contributed by atoms with van der Waals surface area (Å²) in [4.78, 5) is 27.1. The number of hydrogen-bond donors (Lipinski definition) is 2. The molecule has 0 fully saturated rings. The van der Waals surface area contributed by atoms with E-state index in [-0.39, 0.29) is 22.9 Å². The van der Waals surface area contributed by atoms with E-state index in [9.17, 15) is 9.59 Å². The minimum Gasteiger partial charge on any atom is -0.397 e. The Hall–Kier alpha value is -2.91. The standard InChI is InChI=1S/C24H35N5O3Si/c1-17(30)27-19-10-9-18-11-13-28(21(18)14-19)12-7-8-22(32-33(5,6)24(2,3)4)29-15-20(23(25)31)26-16-29/h9-11,13-16,22H,7-8,12H2,1-6H3,(H2,25,31)(H,27,30)/t22-/m1/s1. The third-order valence-electron chi connectivity index (χ3n) is 6.37. The highest BCUT2D eigenvalue weighted by molar-refractivity contribution is 6.74. The maximum absolute atomic E-state index is 11.6. The summed E-state index contributed by atoms with van der Waals surface area (Å²) >= 11 is 0. The number of amides is 2. The number of nitrogens with zero attached hydrogens (tertiary/aromatic N) is 3. The number of anilines is 1. The Kier molecular flexibility index (Phi) is 7.13. The molecule has 0 saturated heterocycles. The fourth-order valence-corrected chi connectivity index (χ4v) is 4.78.